The number of carbonyl (C=O) groups excluding carboxylic acids is 1. The van der Waals surface area contributed by atoms with E-state index in [1.54, 1.807) is 55.6 Å². The van der Waals surface area contributed by atoms with Crippen molar-refractivity contribution in [3.63, 3.8) is 0 Å². The molecule has 1 atom stereocenters. The van der Waals surface area contributed by atoms with E-state index < -0.39 is 15.9 Å². The zero-order valence-electron chi connectivity index (χ0n) is 15.1. The molecule has 2 aromatic rings. The van der Waals surface area contributed by atoms with Crippen LogP contribution in [-0.4, -0.2) is 42.4 Å². The Balaban J connectivity index is 1.66. The molecule has 7 nitrogen and oxygen atoms in total. The van der Waals surface area contributed by atoms with Crippen LogP contribution in [0, 0.1) is 5.92 Å². The maximum atomic E-state index is 12.8. The van der Waals surface area contributed by atoms with Crippen molar-refractivity contribution >= 4 is 21.6 Å². The molecule has 8 heteroatoms. The first-order chi connectivity index (χ1) is 13.0. The van der Waals surface area contributed by atoms with Crippen molar-refractivity contribution in [2.75, 3.05) is 13.1 Å². The summed E-state index contributed by atoms with van der Waals surface area (Å²) < 4.78 is 26.9. The van der Waals surface area contributed by atoms with E-state index in [1.807, 2.05) is 6.07 Å². The summed E-state index contributed by atoms with van der Waals surface area (Å²) >= 11 is 0. The fraction of sp³-hybridized carbons (Fsp3) is 0.316. The lowest BCUT2D eigenvalue weighted by Gasteiger charge is -2.30. The number of nitrogens with zero attached hydrogens (tertiary/aromatic N) is 3. The molecular formula is C19H22N4O3S. The molecule has 1 saturated heterocycles. The van der Waals surface area contributed by atoms with E-state index in [2.05, 4.69) is 15.5 Å². The van der Waals surface area contributed by atoms with Gasteiger partial charge in [-0.2, -0.15) is 9.41 Å². The summed E-state index contributed by atoms with van der Waals surface area (Å²) in [5, 5.41) is 4.10. The molecule has 0 aliphatic carbocycles. The van der Waals surface area contributed by atoms with E-state index >= 15 is 0 Å². The van der Waals surface area contributed by atoms with Crippen molar-refractivity contribution in [1.29, 1.82) is 0 Å². The van der Waals surface area contributed by atoms with Crippen LogP contribution in [0.1, 0.15) is 25.5 Å². The van der Waals surface area contributed by atoms with Gasteiger partial charge in [0.05, 0.1) is 22.2 Å². The molecule has 1 amide bonds. The van der Waals surface area contributed by atoms with Crippen molar-refractivity contribution in [1.82, 2.24) is 14.7 Å². The van der Waals surface area contributed by atoms with Gasteiger partial charge in [0.1, 0.15) is 0 Å². The summed E-state index contributed by atoms with van der Waals surface area (Å²) in [4.78, 5) is 16.9. The summed E-state index contributed by atoms with van der Waals surface area (Å²) in [7, 11) is -3.60. The van der Waals surface area contributed by atoms with Crippen molar-refractivity contribution in [2.45, 2.75) is 24.7 Å². The van der Waals surface area contributed by atoms with Gasteiger partial charge in [-0.25, -0.2) is 13.8 Å². The van der Waals surface area contributed by atoms with Gasteiger partial charge in [0.2, 0.25) is 15.9 Å². The minimum absolute atomic E-state index is 0.154. The predicted octanol–water partition coefficient (Wildman–Crippen LogP) is 2.02. The Labute approximate surface area is 159 Å². The first-order valence-corrected chi connectivity index (χ1v) is 10.2. The van der Waals surface area contributed by atoms with Gasteiger partial charge in [-0.3, -0.25) is 9.78 Å². The van der Waals surface area contributed by atoms with Gasteiger partial charge in [-0.15, -0.1) is 0 Å². The number of hydrazone groups is 1. The lowest BCUT2D eigenvalue weighted by molar-refractivity contribution is -0.126. The van der Waals surface area contributed by atoms with Crippen molar-refractivity contribution in [3.8, 4) is 0 Å². The monoisotopic (exact) mass is 386 g/mol. The largest absolute Gasteiger partial charge is 0.273 e. The fourth-order valence-electron chi connectivity index (χ4n) is 2.98. The summed E-state index contributed by atoms with van der Waals surface area (Å²) in [5.41, 5.74) is 3.82. The maximum Gasteiger partial charge on any atom is 0.244 e. The summed E-state index contributed by atoms with van der Waals surface area (Å²) in [5.74, 6) is -0.712. The van der Waals surface area contributed by atoms with Crippen molar-refractivity contribution in [3.05, 3.63) is 60.4 Å². The number of carbonyl (C=O) groups is 1. The Morgan fingerprint density at radius 2 is 1.93 bits per heavy atom. The lowest BCUT2D eigenvalue weighted by atomic mass is 9.99. The second-order valence-corrected chi connectivity index (χ2v) is 8.34. The molecule has 1 aliphatic heterocycles. The Morgan fingerprint density at radius 3 is 2.63 bits per heavy atom. The lowest BCUT2D eigenvalue weighted by Crippen LogP contribution is -2.44. The zero-order valence-corrected chi connectivity index (χ0v) is 15.9. The van der Waals surface area contributed by atoms with Crippen LogP contribution in [0.5, 0.6) is 0 Å². The van der Waals surface area contributed by atoms with Crippen LogP contribution < -0.4 is 5.43 Å². The van der Waals surface area contributed by atoms with Gasteiger partial charge < -0.3 is 0 Å². The third kappa shape index (κ3) is 4.58. The molecule has 0 saturated carbocycles. The first-order valence-electron chi connectivity index (χ1n) is 8.79. The number of hydrogen-bond donors (Lipinski definition) is 1. The number of pyridine rings is 1. The number of amides is 1. The number of aromatic nitrogens is 1. The van der Waals surface area contributed by atoms with E-state index in [4.69, 9.17) is 0 Å². The molecule has 0 radical (unpaired) electrons. The third-order valence-corrected chi connectivity index (χ3v) is 6.38. The average Bonchev–Trinajstić information content (AvgIpc) is 2.73. The fourth-order valence-corrected chi connectivity index (χ4v) is 4.53. The number of sulfonamides is 1. The molecule has 3 rings (SSSR count). The number of nitrogens with one attached hydrogen (secondary N) is 1. The molecular weight excluding hydrogens is 364 g/mol. The minimum atomic E-state index is -3.60. The van der Waals surface area contributed by atoms with E-state index in [-0.39, 0.29) is 17.3 Å². The molecule has 142 valence electrons. The Bertz CT molecular complexity index is 914. The molecule has 1 fully saturated rings. The van der Waals surface area contributed by atoms with Gasteiger partial charge in [-0.1, -0.05) is 24.3 Å². The van der Waals surface area contributed by atoms with Gasteiger partial charge in [-0.05, 0) is 44.0 Å². The topological polar surface area (TPSA) is 91.7 Å². The molecule has 2 heterocycles. The quantitative estimate of drug-likeness (QED) is 0.629. The number of benzene rings is 1. The Kier molecular flexibility index (Phi) is 5.98. The highest BCUT2D eigenvalue weighted by Gasteiger charge is 2.33. The second-order valence-electron chi connectivity index (χ2n) is 6.40. The maximum absolute atomic E-state index is 12.8. The van der Waals surface area contributed by atoms with E-state index in [0.29, 0.717) is 30.8 Å². The highest BCUT2D eigenvalue weighted by atomic mass is 32.2. The zero-order chi connectivity index (χ0) is 19.3. The van der Waals surface area contributed by atoms with Gasteiger partial charge in [0.25, 0.3) is 0 Å². The molecule has 0 unspecified atom stereocenters. The normalized spacial score (nSPS) is 18.9. The highest BCUT2D eigenvalue weighted by molar-refractivity contribution is 7.89. The Hall–Kier alpha value is -2.58. The third-order valence-electron chi connectivity index (χ3n) is 4.51. The number of rotatable bonds is 5. The number of piperidine rings is 1. The van der Waals surface area contributed by atoms with Crippen LogP contribution in [0.2, 0.25) is 0 Å². The van der Waals surface area contributed by atoms with Crippen LogP contribution in [0.15, 0.2) is 64.7 Å². The van der Waals surface area contributed by atoms with Gasteiger partial charge >= 0.3 is 0 Å². The van der Waals surface area contributed by atoms with Gasteiger partial charge in [0, 0.05) is 19.3 Å². The molecule has 1 aromatic carbocycles. The van der Waals surface area contributed by atoms with Gasteiger partial charge in [0.15, 0.2) is 0 Å². The summed E-state index contributed by atoms with van der Waals surface area (Å²) in [6, 6.07) is 13.7. The molecule has 0 spiro atoms. The van der Waals surface area contributed by atoms with E-state index in [0.717, 1.165) is 0 Å². The number of hydrogen-bond acceptors (Lipinski definition) is 5. The van der Waals surface area contributed by atoms with Crippen LogP contribution in [0.3, 0.4) is 0 Å². The second kappa shape index (κ2) is 8.41. The summed E-state index contributed by atoms with van der Waals surface area (Å²) in [6.45, 7) is 2.33. The predicted molar refractivity (Wildman–Crippen MR) is 103 cm³/mol. The molecule has 1 aromatic heterocycles. The first kappa shape index (κ1) is 19.2. The SMILES string of the molecule is C/C(=N/NC(=O)[C@@H]1CCCN(S(=O)(=O)c2ccccc2)C1)c1ccccn1. The molecule has 27 heavy (non-hydrogen) atoms. The average molecular weight is 386 g/mol. The molecule has 1 aliphatic rings. The van der Waals surface area contributed by atoms with Crippen LogP contribution >= 0.6 is 0 Å². The van der Waals surface area contributed by atoms with E-state index in [9.17, 15) is 13.2 Å². The standard InChI is InChI=1S/C19H22N4O3S/c1-15(18-11-5-6-12-20-18)21-22-19(24)16-8-7-13-23(14-16)27(25,26)17-9-3-2-4-10-17/h2-6,9-12,16H,7-8,13-14H2,1H3,(H,22,24)/b21-15-/t16-/m1/s1. The Morgan fingerprint density at radius 1 is 1.19 bits per heavy atom. The molecule has 1 N–H and O–H groups in total. The van der Waals surface area contributed by atoms with E-state index in [1.165, 1.54) is 4.31 Å². The minimum Gasteiger partial charge on any atom is -0.273 e. The highest BCUT2D eigenvalue weighted by Crippen LogP contribution is 2.23. The molecule has 0 bridgehead atoms. The van der Waals surface area contributed by atoms with Crippen LogP contribution in [0.4, 0.5) is 0 Å². The van der Waals surface area contributed by atoms with Crippen molar-refractivity contribution < 1.29 is 13.2 Å². The van der Waals surface area contributed by atoms with Crippen LogP contribution in [-0.2, 0) is 14.8 Å². The smallest absolute Gasteiger partial charge is 0.244 e. The summed E-state index contributed by atoms with van der Waals surface area (Å²) in [6.07, 6.45) is 2.92. The van der Waals surface area contributed by atoms with Crippen molar-refractivity contribution in [2.24, 2.45) is 11.0 Å². The van der Waals surface area contributed by atoms with Crippen LogP contribution in [0.25, 0.3) is 0 Å².